The van der Waals surface area contributed by atoms with Crippen LogP contribution in [0.2, 0.25) is 0 Å². The second-order valence-electron chi connectivity index (χ2n) is 5.43. The van der Waals surface area contributed by atoms with Gasteiger partial charge >= 0.3 is 0 Å². The SMILES string of the molecule is CCCCCCCCCCOc1cc(OC)ccc1CBr. The van der Waals surface area contributed by atoms with Crippen LogP contribution in [0.1, 0.15) is 63.9 Å². The Labute approximate surface area is 138 Å². The van der Waals surface area contributed by atoms with Gasteiger partial charge in [0.15, 0.2) is 0 Å². The van der Waals surface area contributed by atoms with E-state index < -0.39 is 0 Å². The molecule has 0 radical (unpaired) electrons. The summed E-state index contributed by atoms with van der Waals surface area (Å²) in [5, 5.41) is 0.809. The molecule has 0 aliphatic rings. The minimum Gasteiger partial charge on any atom is -0.497 e. The summed E-state index contributed by atoms with van der Waals surface area (Å²) in [5.74, 6) is 1.79. The molecule has 0 heterocycles. The first-order chi connectivity index (χ1) is 10.3. The van der Waals surface area contributed by atoms with Gasteiger partial charge in [-0.15, -0.1) is 0 Å². The van der Waals surface area contributed by atoms with Gasteiger partial charge in [0.05, 0.1) is 13.7 Å². The Balaban J connectivity index is 2.17. The Kier molecular flexibility index (Phi) is 10.4. The lowest BCUT2D eigenvalue weighted by Crippen LogP contribution is -2.00. The standard InChI is InChI=1S/C18H29BrO2/c1-3-4-5-6-7-8-9-10-13-21-18-14-17(20-2)12-11-16(18)15-19/h11-12,14H,3-10,13,15H2,1-2H3. The number of benzene rings is 1. The van der Waals surface area contributed by atoms with Gasteiger partial charge < -0.3 is 9.47 Å². The number of halogens is 1. The zero-order valence-electron chi connectivity index (χ0n) is 13.5. The van der Waals surface area contributed by atoms with Crippen molar-refractivity contribution in [2.45, 2.75) is 63.6 Å². The molecule has 0 bridgehead atoms. The van der Waals surface area contributed by atoms with Crippen LogP contribution in [0.5, 0.6) is 11.5 Å². The van der Waals surface area contributed by atoms with Crippen molar-refractivity contribution in [3.63, 3.8) is 0 Å². The second kappa shape index (κ2) is 11.9. The Bertz CT molecular complexity index is 379. The van der Waals surface area contributed by atoms with Crippen LogP contribution in [0, 0.1) is 0 Å². The quantitative estimate of drug-likeness (QED) is 0.332. The molecule has 0 atom stereocenters. The van der Waals surface area contributed by atoms with E-state index in [0.29, 0.717) is 0 Å². The molecule has 0 spiro atoms. The molecule has 0 saturated heterocycles. The van der Waals surface area contributed by atoms with Crippen molar-refractivity contribution in [2.75, 3.05) is 13.7 Å². The van der Waals surface area contributed by atoms with Crippen molar-refractivity contribution >= 4 is 15.9 Å². The van der Waals surface area contributed by atoms with Crippen molar-refractivity contribution in [2.24, 2.45) is 0 Å². The molecule has 0 unspecified atom stereocenters. The van der Waals surface area contributed by atoms with Gasteiger partial charge in [-0.3, -0.25) is 0 Å². The molecule has 0 saturated carbocycles. The molecular weight excluding hydrogens is 328 g/mol. The van der Waals surface area contributed by atoms with Crippen molar-refractivity contribution in [1.82, 2.24) is 0 Å². The Morgan fingerprint density at radius 2 is 1.62 bits per heavy atom. The number of alkyl halides is 1. The highest BCUT2D eigenvalue weighted by Gasteiger charge is 2.04. The fraction of sp³-hybridized carbons (Fsp3) is 0.667. The third-order valence-corrected chi connectivity index (χ3v) is 4.28. The van der Waals surface area contributed by atoms with Gasteiger partial charge in [0, 0.05) is 17.0 Å². The van der Waals surface area contributed by atoms with Crippen LogP contribution in [-0.4, -0.2) is 13.7 Å². The van der Waals surface area contributed by atoms with Gasteiger partial charge in [-0.2, -0.15) is 0 Å². The predicted molar refractivity (Wildman–Crippen MR) is 93.7 cm³/mol. The van der Waals surface area contributed by atoms with E-state index >= 15 is 0 Å². The van der Waals surface area contributed by atoms with Crippen molar-refractivity contribution in [1.29, 1.82) is 0 Å². The van der Waals surface area contributed by atoms with Gasteiger partial charge in [-0.25, -0.2) is 0 Å². The first-order valence-electron chi connectivity index (χ1n) is 8.17. The average molecular weight is 357 g/mol. The predicted octanol–water partition coefficient (Wildman–Crippen LogP) is 6.11. The van der Waals surface area contributed by atoms with Gasteiger partial charge in [-0.1, -0.05) is 73.9 Å². The van der Waals surface area contributed by atoms with Crippen molar-refractivity contribution in [3.8, 4) is 11.5 Å². The molecule has 0 aliphatic carbocycles. The zero-order valence-corrected chi connectivity index (χ0v) is 15.1. The van der Waals surface area contributed by atoms with E-state index in [1.54, 1.807) is 7.11 Å². The summed E-state index contributed by atoms with van der Waals surface area (Å²) in [5.41, 5.74) is 1.18. The maximum atomic E-state index is 5.91. The van der Waals surface area contributed by atoms with Crippen molar-refractivity contribution < 1.29 is 9.47 Å². The number of rotatable bonds is 12. The van der Waals surface area contributed by atoms with E-state index in [0.717, 1.165) is 29.9 Å². The van der Waals surface area contributed by atoms with E-state index in [4.69, 9.17) is 9.47 Å². The van der Waals surface area contributed by atoms with E-state index in [1.165, 1.54) is 50.5 Å². The largest absolute Gasteiger partial charge is 0.497 e. The molecule has 1 aromatic carbocycles. The molecule has 2 nitrogen and oxygen atoms in total. The summed E-state index contributed by atoms with van der Waals surface area (Å²) in [6.45, 7) is 3.05. The van der Waals surface area contributed by atoms with E-state index in [9.17, 15) is 0 Å². The number of hydrogen-bond acceptors (Lipinski definition) is 2. The first-order valence-corrected chi connectivity index (χ1v) is 9.29. The Morgan fingerprint density at radius 1 is 0.952 bits per heavy atom. The number of unbranched alkanes of at least 4 members (excludes halogenated alkanes) is 7. The molecular formula is C18H29BrO2. The third-order valence-electron chi connectivity index (χ3n) is 3.67. The lowest BCUT2D eigenvalue weighted by Gasteiger charge is -2.11. The topological polar surface area (TPSA) is 18.5 Å². The smallest absolute Gasteiger partial charge is 0.127 e. The first kappa shape index (κ1) is 18.3. The summed E-state index contributed by atoms with van der Waals surface area (Å²) in [4.78, 5) is 0. The van der Waals surface area contributed by atoms with Crippen LogP contribution < -0.4 is 9.47 Å². The van der Waals surface area contributed by atoms with Gasteiger partial charge in [0.1, 0.15) is 11.5 Å². The third kappa shape index (κ3) is 7.75. The Hall–Kier alpha value is -0.700. The molecule has 3 heteroatoms. The van der Waals surface area contributed by atoms with Crippen LogP contribution in [0.25, 0.3) is 0 Å². The van der Waals surface area contributed by atoms with Crippen molar-refractivity contribution in [3.05, 3.63) is 23.8 Å². The molecule has 0 fully saturated rings. The van der Waals surface area contributed by atoms with Crippen LogP contribution in [0.15, 0.2) is 18.2 Å². The number of ether oxygens (including phenoxy) is 2. The van der Waals surface area contributed by atoms with Crippen LogP contribution in [0.3, 0.4) is 0 Å². The number of hydrogen-bond donors (Lipinski definition) is 0. The maximum Gasteiger partial charge on any atom is 0.127 e. The highest BCUT2D eigenvalue weighted by molar-refractivity contribution is 9.08. The summed E-state index contributed by atoms with van der Waals surface area (Å²) < 4.78 is 11.2. The molecule has 0 N–H and O–H groups in total. The second-order valence-corrected chi connectivity index (χ2v) is 5.99. The molecule has 0 amide bonds. The fourth-order valence-electron chi connectivity index (χ4n) is 2.32. The van der Waals surface area contributed by atoms with E-state index in [2.05, 4.69) is 28.9 Å². The minimum atomic E-state index is 0.794. The molecule has 0 aliphatic heterocycles. The summed E-state index contributed by atoms with van der Waals surface area (Å²) in [6, 6.07) is 6.00. The molecule has 1 rings (SSSR count). The lowest BCUT2D eigenvalue weighted by molar-refractivity contribution is 0.300. The van der Waals surface area contributed by atoms with Gasteiger partial charge in [0.2, 0.25) is 0 Å². The fourth-order valence-corrected chi connectivity index (χ4v) is 2.79. The molecule has 1 aromatic rings. The van der Waals surface area contributed by atoms with Crippen LogP contribution >= 0.6 is 15.9 Å². The van der Waals surface area contributed by atoms with Gasteiger partial charge in [0.25, 0.3) is 0 Å². The highest BCUT2D eigenvalue weighted by atomic mass is 79.9. The normalized spacial score (nSPS) is 10.6. The summed E-state index contributed by atoms with van der Waals surface area (Å²) >= 11 is 3.50. The van der Waals surface area contributed by atoms with Crippen LogP contribution in [-0.2, 0) is 5.33 Å². The summed E-state index contributed by atoms with van der Waals surface area (Å²) in [6.07, 6.45) is 10.6. The highest BCUT2D eigenvalue weighted by Crippen LogP contribution is 2.26. The molecule has 120 valence electrons. The van der Waals surface area contributed by atoms with Gasteiger partial charge in [-0.05, 0) is 12.5 Å². The number of methoxy groups -OCH3 is 1. The Morgan fingerprint density at radius 3 is 2.24 bits per heavy atom. The monoisotopic (exact) mass is 356 g/mol. The molecule has 0 aromatic heterocycles. The zero-order chi connectivity index (χ0) is 15.3. The van der Waals surface area contributed by atoms with Crippen LogP contribution in [0.4, 0.5) is 0 Å². The van der Waals surface area contributed by atoms with E-state index in [1.807, 2.05) is 12.1 Å². The maximum absolute atomic E-state index is 5.91. The van der Waals surface area contributed by atoms with E-state index in [-0.39, 0.29) is 0 Å². The summed E-state index contributed by atoms with van der Waals surface area (Å²) in [7, 11) is 1.69. The average Bonchev–Trinajstić information content (AvgIpc) is 2.53. The minimum absolute atomic E-state index is 0.794. The lowest BCUT2D eigenvalue weighted by atomic mass is 10.1. The molecule has 21 heavy (non-hydrogen) atoms.